The zero-order valence-corrected chi connectivity index (χ0v) is 11.2. The van der Waals surface area contributed by atoms with Gasteiger partial charge in [-0.1, -0.05) is 6.92 Å². The SMILES string of the molecule is CCCN(C)c1cnn(CCNC2CC2)c(=O)c1. The third-order valence-corrected chi connectivity index (χ3v) is 3.19. The highest BCUT2D eigenvalue weighted by Gasteiger charge is 2.19. The summed E-state index contributed by atoms with van der Waals surface area (Å²) < 4.78 is 1.53. The Hall–Kier alpha value is -1.36. The van der Waals surface area contributed by atoms with Crippen LogP contribution in [0.1, 0.15) is 26.2 Å². The van der Waals surface area contributed by atoms with Crippen LogP contribution in [0.3, 0.4) is 0 Å². The predicted octanol–water partition coefficient (Wildman–Crippen LogP) is 0.841. The number of hydrogen-bond donors (Lipinski definition) is 1. The topological polar surface area (TPSA) is 50.2 Å². The molecule has 1 aliphatic carbocycles. The van der Waals surface area contributed by atoms with Crippen LogP contribution in [0.15, 0.2) is 17.1 Å². The summed E-state index contributed by atoms with van der Waals surface area (Å²) in [5.74, 6) is 0. The van der Waals surface area contributed by atoms with Gasteiger partial charge in [0.15, 0.2) is 0 Å². The summed E-state index contributed by atoms with van der Waals surface area (Å²) in [5, 5.41) is 7.60. The van der Waals surface area contributed by atoms with Gasteiger partial charge in [0.1, 0.15) is 0 Å². The van der Waals surface area contributed by atoms with Crippen molar-refractivity contribution < 1.29 is 0 Å². The molecule has 5 heteroatoms. The second-order valence-corrected chi connectivity index (χ2v) is 4.93. The molecule has 1 aromatic rings. The number of aromatic nitrogens is 2. The summed E-state index contributed by atoms with van der Waals surface area (Å²) in [6, 6.07) is 2.34. The number of rotatable bonds is 7. The van der Waals surface area contributed by atoms with E-state index in [-0.39, 0.29) is 5.56 Å². The molecule has 18 heavy (non-hydrogen) atoms. The summed E-state index contributed by atoms with van der Waals surface area (Å²) in [5.41, 5.74) is 0.876. The molecule has 0 radical (unpaired) electrons. The highest BCUT2D eigenvalue weighted by atomic mass is 16.1. The Labute approximate surface area is 108 Å². The first kappa shape index (κ1) is 13.1. The first-order valence-corrected chi connectivity index (χ1v) is 6.72. The maximum absolute atomic E-state index is 11.9. The van der Waals surface area contributed by atoms with E-state index in [0.29, 0.717) is 12.6 Å². The lowest BCUT2D eigenvalue weighted by Crippen LogP contribution is -2.30. The van der Waals surface area contributed by atoms with E-state index < -0.39 is 0 Å². The molecule has 0 aromatic carbocycles. The standard InChI is InChI=1S/C13H22N4O/c1-3-7-16(2)12-9-13(18)17(15-10-12)8-6-14-11-4-5-11/h9-11,14H,3-8H2,1-2H3. The molecular formula is C13H22N4O. The summed E-state index contributed by atoms with van der Waals surface area (Å²) >= 11 is 0. The molecule has 0 atom stereocenters. The lowest BCUT2D eigenvalue weighted by Gasteiger charge is -2.17. The molecule has 100 valence electrons. The van der Waals surface area contributed by atoms with Crippen molar-refractivity contribution in [3.63, 3.8) is 0 Å². The molecule has 0 spiro atoms. The minimum atomic E-state index is -0.0203. The Morgan fingerprint density at radius 3 is 2.94 bits per heavy atom. The Bertz CT molecular complexity index is 439. The normalized spacial score (nSPS) is 14.8. The van der Waals surface area contributed by atoms with Crippen LogP contribution in [0.25, 0.3) is 0 Å². The van der Waals surface area contributed by atoms with E-state index in [9.17, 15) is 4.79 Å². The number of anilines is 1. The first-order chi connectivity index (χ1) is 8.70. The molecule has 0 amide bonds. The summed E-state index contributed by atoms with van der Waals surface area (Å²) in [4.78, 5) is 13.9. The minimum Gasteiger partial charge on any atom is -0.373 e. The summed E-state index contributed by atoms with van der Waals surface area (Å²) in [6.45, 7) is 4.53. The van der Waals surface area contributed by atoms with Gasteiger partial charge in [0.05, 0.1) is 18.4 Å². The van der Waals surface area contributed by atoms with Crippen molar-refractivity contribution in [1.82, 2.24) is 15.1 Å². The fraction of sp³-hybridized carbons (Fsp3) is 0.692. The van der Waals surface area contributed by atoms with Crippen molar-refractivity contribution in [1.29, 1.82) is 0 Å². The van der Waals surface area contributed by atoms with E-state index in [1.807, 2.05) is 7.05 Å². The van der Waals surface area contributed by atoms with Gasteiger partial charge in [-0.2, -0.15) is 5.10 Å². The summed E-state index contributed by atoms with van der Waals surface area (Å²) in [6.07, 6.45) is 5.37. The number of hydrogen-bond acceptors (Lipinski definition) is 4. The third-order valence-electron chi connectivity index (χ3n) is 3.19. The van der Waals surface area contributed by atoms with E-state index in [4.69, 9.17) is 0 Å². The van der Waals surface area contributed by atoms with Gasteiger partial charge in [0.2, 0.25) is 0 Å². The van der Waals surface area contributed by atoms with Gasteiger partial charge in [0.25, 0.3) is 5.56 Å². The van der Waals surface area contributed by atoms with Crippen LogP contribution in [0.2, 0.25) is 0 Å². The quantitative estimate of drug-likeness (QED) is 0.779. The Balaban J connectivity index is 1.93. The van der Waals surface area contributed by atoms with Gasteiger partial charge in [-0.25, -0.2) is 4.68 Å². The Morgan fingerprint density at radius 2 is 2.33 bits per heavy atom. The molecule has 0 bridgehead atoms. The smallest absolute Gasteiger partial charge is 0.268 e. The van der Waals surface area contributed by atoms with Crippen molar-refractivity contribution in [3.05, 3.63) is 22.6 Å². The fourth-order valence-corrected chi connectivity index (χ4v) is 1.93. The van der Waals surface area contributed by atoms with Crippen molar-refractivity contribution in [3.8, 4) is 0 Å². The van der Waals surface area contributed by atoms with Crippen molar-refractivity contribution >= 4 is 5.69 Å². The maximum Gasteiger partial charge on any atom is 0.268 e. The molecule has 1 saturated carbocycles. The monoisotopic (exact) mass is 250 g/mol. The van der Waals surface area contributed by atoms with Gasteiger partial charge in [-0.05, 0) is 19.3 Å². The molecule has 1 aromatic heterocycles. The van der Waals surface area contributed by atoms with Crippen molar-refractivity contribution in [2.24, 2.45) is 0 Å². The van der Waals surface area contributed by atoms with E-state index in [2.05, 4.69) is 22.2 Å². The van der Waals surface area contributed by atoms with Crippen LogP contribution < -0.4 is 15.8 Å². The molecule has 0 aliphatic heterocycles. The zero-order valence-electron chi connectivity index (χ0n) is 11.2. The van der Waals surface area contributed by atoms with Gasteiger partial charge in [0, 0.05) is 32.2 Å². The molecule has 5 nitrogen and oxygen atoms in total. The molecule has 2 rings (SSSR count). The predicted molar refractivity (Wildman–Crippen MR) is 73.1 cm³/mol. The van der Waals surface area contributed by atoms with Crippen molar-refractivity contribution in [2.45, 2.75) is 38.8 Å². The zero-order chi connectivity index (χ0) is 13.0. The molecule has 1 heterocycles. The first-order valence-electron chi connectivity index (χ1n) is 6.72. The largest absolute Gasteiger partial charge is 0.373 e. The van der Waals surface area contributed by atoms with Gasteiger partial charge < -0.3 is 10.2 Å². The van der Waals surface area contributed by atoms with E-state index in [0.717, 1.165) is 25.2 Å². The molecule has 0 saturated heterocycles. The average molecular weight is 250 g/mol. The van der Waals surface area contributed by atoms with E-state index >= 15 is 0 Å². The van der Waals surface area contributed by atoms with Crippen LogP contribution in [0, 0.1) is 0 Å². The fourth-order valence-electron chi connectivity index (χ4n) is 1.93. The third kappa shape index (κ3) is 3.57. The van der Waals surface area contributed by atoms with Crippen LogP contribution in [-0.4, -0.2) is 36.0 Å². The van der Waals surface area contributed by atoms with E-state index in [1.54, 1.807) is 12.3 Å². The second-order valence-electron chi connectivity index (χ2n) is 4.93. The van der Waals surface area contributed by atoms with Crippen LogP contribution in [0.5, 0.6) is 0 Å². The van der Waals surface area contributed by atoms with E-state index in [1.165, 1.54) is 17.5 Å². The van der Waals surface area contributed by atoms with Gasteiger partial charge in [-0.15, -0.1) is 0 Å². The minimum absolute atomic E-state index is 0.0203. The number of nitrogens with one attached hydrogen (secondary N) is 1. The highest BCUT2D eigenvalue weighted by molar-refractivity contribution is 5.41. The van der Waals surface area contributed by atoms with Gasteiger partial charge in [-0.3, -0.25) is 4.79 Å². The Kier molecular flexibility index (Phi) is 4.36. The molecule has 0 unspecified atom stereocenters. The van der Waals surface area contributed by atoms with Crippen LogP contribution in [0.4, 0.5) is 5.69 Å². The Morgan fingerprint density at radius 1 is 1.56 bits per heavy atom. The molecular weight excluding hydrogens is 228 g/mol. The maximum atomic E-state index is 11.9. The summed E-state index contributed by atoms with van der Waals surface area (Å²) in [7, 11) is 1.99. The molecule has 1 fully saturated rings. The second kappa shape index (κ2) is 6.00. The average Bonchev–Trinajstić information content (AvgIpc) is 3.15. The highest BCUT2D eigenvalue weighted by Crippen LogP contribution is 2.17. The number of nitrogens with zero attached hydrogens (tertiary/aromatic N) is 3. The van der Waals surface area contributed by atoms with Gasteiger partial charge >= 0.3 is 0 Å². The lowest BCUT2D eigenvalue weighted by molar-refractivity contribution is 0.530. The van der Waals surface area contributed by atoms with Crippen molar-refractivity contribution in [2.75, 3.05) is 25.0 Å². The van der Waals surface area contributed by atoms with Crippen LogP contribution in [-0.2, 0) is 6.54 Å². The lowest BCUT2D eigenvalue weighted by atomic mass is 10.3. The molecule has 1 N–H and O–H groups in total. The molecule has 1 aliphatic rings. The van der Waals surface area contributed by atoms with Crippen LogP contribution >= 0.6 is 0 Å².